The quantitative estimate of drug-likeness (QED) is 0.244. The van der Waals surface area contributed by atoms with Crippen molar-refractivity contribution in [1.82, 2.24) is 10.2 Å². The van der Waals surface area contributed by atoms with E-state index in [2.05, 4.69) is 33.0 Å². The lowest BCUT2D eigenvalue weighted by atomic mass is 9.66. The van der Waals surface area contributed by atoms with Crippen LogP contribution in [0.3, 0.4) is 0 Å². The van der Waals surface area contributed by atoms with Crippen LogP contribution in [0, 0.1) is 16.7 Å². The van der Waals surface area contributed by atoms with Crippen LogP contribution in [0.2, 0.25) is 0 Å². The highest BCUT2D eigenvalue weighted by Gasteiger charge is 2.50. The number of phenols is 2. The van der Waals surface area contributed by atoms with Gasteiger partial charge < -0.3 is 30.3 Å². The number of nitrogens with one attached hydrogen (secondary N) is 1. The number of rotatable bonds is 9. The van der Waals surface area contributed by atoms with Gasteiger partial charge in [-0.1, -0.05) is 33.8 Å². The maximum absolute atomic E-state index is 14.1. The first-order valence-corrected chi connectivity index (χ1v) is 16.4. The molecule has 2 amide bonds. The van der Waals surface area contributed by atoms with E-state index in [0.717, 1.165) is 19.3 Å². The lowest BCUT2D eigenvalue weighted by molar-refractivity contribution is -0.160. The summed E-state index contributed by atoms with van der Waals surface area (Å²) in [5.74, 6) is -0.208. The highest BCUT2D eigenvalue weighted by molar-refractivity contribution is 7.99. The molecule has 4 unspecified atom stereocenters. The Labute approximate surface area is 253 Å². The average Bonchev–Trinajstić information content (AvgIpc) is 3.49. The van der Waals surface area contributed by atoms with Crippen molar-refractivity contribution in [3.8, 4) is 11.5 Å². The number of hydrogen-bond donors (Lipinski definition) is 4. The number of thioether (sulfide) groups is 1. The molecule has 2 aliphatic heterocycles. The first-order chi connectivity index (χ1) is 19.7. The SMILES string of the molecule is CC(CC1CCC(C)(C)C1(C)C)OC(=O)C1CCCN1C(=O)C1(NC(=O)C(O)Cc2ccc(O)c(O)c2)CCSCC1. The predicted molar refractivity (Wildman–Crippen MR) is 162 cm³/mol. The van der Waals surface area contributed by atoms with Gasteiger partial charge in [-0.3, -0.25) is 9.59 Å². The molecule has 1 aromatic carbocycles. The van der Waals surface area contributed by atoms with Gasteiger partial charge in [-0.25, -0.2) is 4.79 Å². The van der Waals surface area contributed by atoms with Crippen molar-refractivity contribution in [3.05, 3.63) is 23.8 Å². The molecule has 42 heavy (non-hydrogen) atoms. The van der Waals surface area contributed by atoms with Crippen molar-refractivity contribution in [2.24, 2.45) is 16.7 Å². The van der Waals surface area contributed by atoms with Crippen LogP contribution in [0.1, 0.15) is 85.1 Å². The summed E-state index contributed by atoms with van der Waals surface area (Å²) in [4.78, 5) is 42.3. The average molecular weight is 605 g/mol. The van der Waals surface area contributed by atoms with Crippen LogP contribution in [0.15, 0.2) is 18.2 Å². The van der Waals surface area contributed by atoms with Crippen molar-refractivity contribution in [2.45, 2.75) is 110 Å². The van der Waals surface area contributed by atoms with Gasteiger partial charge in [0.1, 0.15) is 17.7 Å². The number of aliphatic hydroxyl groups is 1. The Balaban J connectivity index is 1.41. The monoisotopic (exact) mass is 604 g/mol. The molecule has 4 rings (SSSR count). The number of ether oxygens (including phenoxy) is 1. The number of hydrogen-bond acceptors (Lipinski definition) is 8. The number of nitrogens with zero attached hydrogens (tertiary/aromatic N) is 1. The minimum atomic E-state index is -1.46. The van der Waals surface area contributed by atoms with Gasteiger partial charge in [0.05, 0.1) is 6.10 Å². The third-order valence-electron chi connectivity index (χ3n) is 10.5. The van der Waals surface area contributed by atoms with Crippen molar-refractivity contribution in [2.75, 3.05) is 18.1 Å². The molecule has 0 spiro atoms. The minimum absolute atomic E-state index is 0.0930. The molecule has 0 bridgehead atoms. The van der Waals surface area contributed by atoms with Crippen molar-refractivity contribution < 1.29 is 34.4 Å². The molecule has 0 aromatic heterocycles. The van der Waals surface area contributed by atoms with Crippen LogP contribution in [0.5, 0.6) is 11.5 Å². The molecular weight excluding hydrogens is 556 g/mol. The zero-order chi connectivity index (χ0) is 30.9. The molecule has 234 valence electrons. The van der Waals surface area contributed by atoms with E-state index in [-0.39, 0.29) is 46.7 Å². The van der Waals surface area contributed by atoms with Gasteiger partial charge in [0.2, 0.25) is 11.8 Å². The minimum Gasteiger partial charge on any atom is -0.504 e. The van der Waals surface area contributed by atoms with Gasteiger partial charge in [-0.05, 0) is 97.8 Å². The number of benzene rings is 1. The van der Waals surface area contributed by atoms with Crippen LogP contribution >= 0.6 is 11.8 Å². The summed E-state index contributed by atoms with van der Waals surface area (Å²) in [7, 11) is 0. The molecule has 4 N–H and O–H groups in total. The van der Waals surface area contributed by atoms with Gasteiger partial charge in [0, 0.05) is 13.0 Å². The number of esters is 1. The Morgan fingerprint density at radius 2 is 1.76 bits per heavy atom. The van der Waals surface area contributed by atoms with E-state index in [1.165, 1.54) is 18.2 Å². The van der Waals surface area contributed by atoms with Gasteiger partial charge in [-0.15, -0.1) is 0 Å². The fourth-order valence-corrected chi connectivity index (χ4v) is 8.07. The Kier molecular flexibility index (Phi) is 9.77. The Hall–Kier alpha value is -2.46. The standard InChI is InChI=1S/C32H48N2O7S/c1-20(17-22-10-11-30(2,3)31(22,4)5)41-28(39)23-7-6-14-34(23)29(40)32(12-15-42-16-13-32)33-27(38)26(37)19-21-8-9-24(35)25(36)18-21/h8-9,18,20,22-23,26,35-37H,6-7,10-17,19H2,1-5H3,(H,33,38). The number of likely N-dealkylation sites (tertiary alicyclic amines) is 1. The predicted octanol–water partition coefficient (Wildman–Crippen LogP) is 4.16. The molecule has 2 heterocycles. The van der Waals surface area contributed by atoms with Crippen LogP contribution < -0.4 is 5.32 Å². The summed E-state index contributed by atoms with van der Waals surface area (Å²) >= 11 is 1.70. The van der Waals surface area contributed by atoms with E-state index in [1.54, 1.807) is 16.7 Å². The maximum atomic E-state index is 14.1. The van der Waals surface area contributed by atoms with E-state index >= 15 is 0 Å². The zero-order valence-corrected chi connectivity index (χ0v) is 26.5. The van der Waals surface area contributed by atoms with Gasteiger partial charge in [0.25, 0.3) is 0 Å². The third-order valence-corrected chi connectivity index (χ3v) is 11.5. The van der Waals surface area contributed by atoms with Gasteiger partial charge in [0.15, 0.2) is 11.5 Å². The molecule has 1 aromatic rings. The van der Waals surface area contributed by atoms with E-state index in [1.807, 2.05) is 6.92 Å². The number of carbonyl (C=O) groups excluding carboxylic acids is 3. The van der Waals surface area contributed by atoms with Crippen molar-refractivity contribution in [1.29, 1.82) is 0 Å². The third kappa shape index (κ3) is 6.69. The smallest absolute Gasteiger partial charge is 0.329 e. The molecule has 9 nitrogen and oxygen atoms in total. The Bertz CT molecular complexity index is 1160. The molecule has 2 saturated heterocycles. The van der Waals surface area contributed by atoms with Crippen LogP contribution in [-0.4, -0.2) is 79.8 Å². The zero-order valence-electron chi connectivity index (χ0n) is 25.6. The number of phenolic OH excluding ortho intramolecular Hbond substituents is 2. The number of aliphatic hydroxyl groups excluding tert-OH is 1. The lowest BCUT2D eigenvalue weighted by Crippen LogP contribution is -2.64. The second kappa shape index (κ2) is 12.6. The summed E-state index contributed by atoms with van der Waals surface area (Å²) in [6, 6.07) is 3.41. The second-order valence-corrected chi connectivity index (χ2v) is 14.9. The van der Waals surface area contributed by atoms with E-state index in [9.17, 15) is 29.7 Å². The van der Waals surface area contributed by atoms with E-state index in [4.69, 9.17) is 4.74 Å². The summed E-state index contributed by atoms with van der Waals surface area (Å²) in [5, 5.41) is 32.9. The fourth-order valence-electron chi connectivity index (χ4n) is 6.88. The van der Waals surface area contributed by atoms with Crippen LogP contribution in [0.4, 0.5) is 0 Å². The molecule has 4 atom stereocenters. The normalized spacial score (nSPS) is 25.9. The Morgan fingerprint density at radius 1 is 1.07 bits per heavy atom. The fraction of sp³-hybridized carbons (Fsp3) is 0.719. The largest absolute Gasteiger partial charge is 0.504 e. The molecule has 10 heteroatoms. The Morgan fingerprint density at radius 3 is 2.38 bits per heavy atom. The summed E-state index contributed by atoms with van der Waals surface area (Å²) in [6.07, 6.45) is 3.22. The number of aromatic hydroxyl groups is 2. The van der Waals surface area contributed by atoms with Gasteiger partial charge >= 0.3 is 5.97 Å². The highest BCUT2D eigenvalue weighted by atomic mass is 32.2. The first kappa shape index (κ1) is 32.5. The molecule has 0 radical (unpaired) electrons. The molecular formula is C32H48N2O7S. The second-order valence-electron chi connectivity index (χ2n) is 13.7. The first-order valence-electron chi connectivity index (χ1n) is 15.3. The number of carbonyl (C=O) groups is 3. The van der Waals surface area contributed by atoms with Crippen LogP contribution in [0.25, 0.3) is 0 Å². The number of amides is 2. The highest BCUT2D eigenvalue weighted by Crippen LogP contribution is 2.57. The maximum Gasteiger partial charge on any atom is 0.329 e. The van der Waals surface area contributed by atoms with E-state index < -0.39 is 23.6 Å². The molecule has 3 fully saturated rings. The van der Waals surface area contributed by atoms with Crippen molar-refractivity contribution in [3.63, 3.8) is 0 Å². The van der Waals surface area contributed by atoms with Crippen LogP contribution in [-0.2, 0) is 25.5 Å². The summed E-state index contributed by atoms with van der Waals surface area (Å²) in [6.45, 7) is 11.6. The van der Waals surface area contributed by atoms with E-state index in [0.29, 0.717) is 55.2 Å². The van der Waals surface area contributed by atoms with Crippen molar-refractivity contribution >= 4 is 29.5 Å². The molecule has 1 aliphatic carbocycles. The summed E-state index contributed by atoms with van der Waals surface area (Å²) in [5.41, 5.74) is -0.380. The molecule has 1 saturated carbocycles. The molecule has 3 aliphatic rings. The topological polar surface area (TPSA) is 136 Å². The lowest BCUT2D eigenvalue weighted by Gasteiger charge is -2.41. The summed E-state index contributed by atoms with van der Waals surface area (Å²) < 4.78 is 5.96. The van der Waals surface area contributed by atoms with Gasteiger partial charge in [-0.2, -0.15) is 11.8 Å².